The summed E-state index contributed by atoms with van der Waals surface area (Å²) in [6, 6.07) is 20.8. The van der Waals surface area contributed by atoms with Gasteiger partial charge in [-0.15, -0.1) is 0 Å². The van der Waals surface area contributed by atoms with E-state index >= 15 is 0 Å². The fraction of sp³-hybridized carbons (Fsp3) is 0.312. The molecule has 0 aliphatic carbocycles. The van der Waals surface area contributed by atoms with Crippen LogP contribution in [0.25, 0.3) is 0 Å². The highest BCUT2D eigenvalue weighted by Gasteiger charge is 2.34. The Morgan fingerprint density at radius 1 is 1.05 bits per heavy atom. The average Bonchev–Trinajstić information content (AvgIpc) is 3.63. The van der Waals surface area contributed by atoms with E-state index in [1.165, 1.54) is 11.8 Å². The monoisotopic (exact) mass is 526 g/mol. The molecule has 0 radical (unpaired) electrons. The third-order valence-electron chi connectivity index (χ3n) is 6.97. The van der Waals surface area contributed by atoms with Crippen molar-refractivity contribution in [3.05, 3.63) is 113 Å². The lowest BCUT2D eigenvalue weighted by Gasteiger charge is -2.37. The van der Waals surface area contributed by atoms with E-state index in [2.05, 4.69) is 37.4 Å². The van der Waals surface area contributed by atoms with Gasteiger partial charge in [0.2, 0.25) is 0 Å². The van der Waals surface area contributed by atoms with E-state index in [4.69, 9.17) is 13.6 Å². The van der Waals surface area contributed by atoms with Crippen LogP contribution in [0.15, 0.2) is 81.8 Å². The van der Waals surface area contributed by atoms with Crippen LogP contribution in [0.3, 0.4) is 0 Å². The molecule has 1 aliphatic rings. The van der Waals surface area contributed by atoms with Crippen LogP contribution in [0.4, 0.5) is 0 Å². The van der Waals surface area contributed by atoms with Gasteiger partial charge in [0.15, 0.2) is 11.5 Å². The molecule has 0 unspecified atom stereocenters. The molecule has 3 heterocycles. The van der Waals surface area contributed by atoms with E-state index < -0.39 is 0 Å². The first-order valence-corrected chi connectivity index (χ1v) is 13.4. The van der Waals surface area contributed by atoms with Gasteiger partial charge in [-0.05, 0) is 78.8 Å². The number of amides is 2. The fourth-order valence-electron chi connectivity index (χ4n) is 4.94. The second-order valence-electron chi connectivity index (χ2n) is 10.4. The van der Waals surface area contributed by atoms with E-state index in [0.717, 1.165) is 29.5 Å². The quantitative estimate of drug-likeness (QED) is 0.276. The SMILES string of the molecule is Cc1cccc([C@H]2c3cc(OCc4ccc(C(=O)NCCC(C)C)o4)ccc3CCN2C(=O)c2ccco2)c1. The van der Waals surface area contributed by atoms with Crippen molar-refractivity contribution in [1.29, 1.82) is 0 Å². The van der Waals surface area contributed by atoms with Crippen molar-refractivity contribution < 1.29 is 23.2 Å². The van der Waals surface area contributed by atoms with Crippen LogP contribution in [0.1, 0.15) is 75.4 Å². The number of fused-ring (bicyclic) bond motifs is 1. The predicted molar refractivity (Wildman–Crippen MR) is 148 cm³/mol. The summed E-state index contributed by atoms with van der Waals surface area (Å²) in [7, 11) is 0. The molecule has 2 aromatic carbocycles. The van der Waals surface area contributed by atoms with Gasteiger partial charge in [0.05, 0.1) is 12.3 Å². The average molecular weight is 527 g/mol. The first-order chi connectivity index (χ1) is 18.9. The number of hydrogen-bond donors (Lipinski definition) is 1. The summed E-state index contributed by atoms with van der Waals surface area (Å²) in [5.74, 6) is 1.98. The van der Waals surface area contributed by atoms with Crippen LogP contribution in [0.2, 0.25) is 0 Å². The minimum atomic E-state index is -0.278. The lowest BCUT2D eigenvalue weighted by molar-refractivity contribution is 0.0661. The predicted octanol–water partition coefficient (Wildman–Crippen LogP) is 6.32. The number of hydrogen-bond acceptors (Lipinski definition) is 5. The van der Waals surface area contributed by atoms with Gasteiger partial charge in [-0.1, -0.05) is 49.7 Å². The maximum Gasteiger partial charge on any atom is 0.290 e. The summed E-state index contributed by atoms with van der Waals surface area (Å²) >= 11 is 0. The number of nitrogens with zero attached hydrogens (tertiary/aromatic N) is 1. The Balaban J connectivity index is 1.35. The van der Waals surface area contributed by atoms with E-state index in [0.29, 0.717) is 36.3 Å². The molecular formula is C32H34N2O5. The number of carbonyl (C=O) groups is 2. The molecule has 0 saturated heterocycles. The Bertz CT molecular complexity index is 1440. The molecule has 202 valence electrons. The first-order valence-electron chi connectivity index (χ1n) is 13.4. The zero-order chi connectivity index (χ0) is 27.4. The highest BCUT2D eigenvalue weighted by Crippen LogP contribution is 2.38. The minimum absolute atomic E-state index is 0.140. The molecule has 7 nitrogen and oxygen atoms in total. The molecule has 5 rings (SSSR count). The number of benzene rings is 2. The lowest BCUT2D eigenvalue weighted by atomic mass is 9.87. The van der Waals surface area contributed by atoms with Crippen LogP contribution in [-0.4, -0.2) is 29.8 Å². The number of carbonyl (C=O) groups excluding carboxylic acids is 2. The zero-order valence-electron chi connectivity index (χ0n) is 22.6. The smallest absolute Gasteiger partial charge is 0.290 e. The second-order valence-corrected chi connectivity index (χ2v) is 10.4. The Labute approximate surface area is 228 Å². The molecule has 0 fully saturated rings. The van der Waals surface area contributed by atoms with E-state index in [1.807, 2.05) is 36.1 Å². The molecular weight excluding hydrogens is 492 g/mol. The van der Waals surface area contributed by atoms with Gasteiger partial charge in [-0.3, -0.25) is 9.59 Å². The molecule has 0 bridgehead atoms. The zero-order valence-corrected chi connectivity index (χ0v) is 22.6. The third-order valence-corrected chi connectivity index (χ3v) is 6.97. The Hall–Kier alpha value is -4.26. The topological polar surface area (TPSA) is 84.9 Å². The van der Waals surface area contributed by atoms with Gasteiger partial charge in [-0.25, -0.2) is 0 Å². The molecule has 1 N–H and O–H groups in total. The molecule has 2 amide bonds. The Kier molecular flexibility index (Phi) is 7.87. The van der Waals surface area contributed by atoms with Crippen LogP contribution in [-0.2, 0) is 13.0 Å². The van der Waals surface area contributed by atoms with E-state index in [-0.39, 0.29) is 30.2 Å². The molecule has 1 aliphatic heterocycles. The number of rotatable bonds is 9. The van der Waals surface area contributed by atoms with Crippen molar-refractivity contribution in [2.24, 2.45) is 5.92 Å². The van der Waals surface area contributed by atoms with Gasteiger partial charge in [0.1, 0.15) is 18.1 Å². The van der Waals surface area contributed by atoms with Crippen molar-refractivity contribution in [3.63, 3.8) is 0 Å². The molecule has 1 atom stereocenters. The fourth-order valence-corrected chi connectivity index (χ4v) is 4.94. The summed E-state index contributed by atoms with van der Waals surface area (Å²) in [6.07, 6.45) is 3.17. The van der Waals surface area contributed by atoms with Gasteiger partial charge in [0.25, 0.3) is 11.8 Å². The lowest BCUT2D eigenvalue weighted by Crippen LogP contribution is -2.40. The molecule has 0 spiro atoms. The number of furan rings is 2. The van der Waals surface area contributed by atoms with Gasteiger partial charge < -0.3 is 23.8 Å². The number of aryl methyl sites for hydroxylation is 1. The van der Waals surface area contributed by atoms with Crippen LogP contribution >= 0.6 is 0 Å². The van der Waals surface area contributed by atoms with Gasteiger partial charge in [-0.2, -0.15) is 0 Å². The maximum absolute atomic E-state index is 13.4. The summed E-state index contributed by atoms with van der Waals surface area (Å²) in [6.45, 7) is 7.66. The summed E-state index contributed by atoms with van der Waals surface area (Å²) < 4.78 is 17.3. The van der Waals surface area contributed by atoms with Crippen LogP contribution < -0.4 is 10.1 Å². The number of nitrogens with one attached hydrogen (secondary N) is 1. The first kappa shape index (κ1) is 26.4. The van der Waals surface area contributed by atoms with Crippen molar-refractivity contribution in [3.8, 4) is 5.75 Å². The van der Waals surface area contributed by atoms with Crippen molar-refractivity contribution in [1.82, 2.24) is 10.2 Å². The second kappa shape index (κ2) is 11.6. The maximum atomic E-state index is 13.4. The minimum Gasteiger partial charge on any atom is -0.486 e. The number of ether oxygens (including phenoxy) is 1. The van der Waals surface area contributed by atoms with Crippen molar-refractivity contribution in [2.75, 3.05) is 13.1 Å². The molecule has 7 heteroatoms. The highest BCUT2D eigenvalue weighted by molar-refractivity contribution is 5.92. The molecule has 39 heavy (non-hydrogen) atoms. The van der Waals surface area contributed by atoms with Crippen molar-refractivity contribution in [2.45, 2.75) is 46.3 Å². The Morgan fingerprint density at radius 2 is 1.92 bits per heavy atom. The largest absolute Gasteiger partial charge is 0.486 e. The molecule has 2 aromatic heterocycles. The van der Waals surface area contributed by atoms with Gasteiger partial charge >= 0.3 is 0 Å². The molecule has 0 saturated carbocycles. The summed E-state index contributed by atoms with van der Waals surface area (Å²) in [5.41, 5.74) is 4.36. The van der Waals surface area contributed by atoms with Gasteiger partial charge in [0, 0.05) is 13.1 Å². The molecule has 4 aromatic rings. The Morgan fingerprint density at radius 3 is 2.69 bits per heavy atom. The third kappa shape index (κ3) is 6.08. The van der Waals surface area contributed by atoms with Crippen LogP contribution in [0, 0.1) is 12.8 Å². The van der Waals surface area contributed by atoms with E-state index in [1.54, 1.807) is 24.3 Å². The highest BCUT2D eigenvalue weighted by atomic mass is 16.5. The normalized spacial score (nSPS) is 14.8. The van der Waals surface area contributed by atoms with Crippen molar-refractivity contribution >= 4 is 11.8 Å². The standard InChI is InChI=1S/C32H34N2O5/c1-21(2)13-15-33-31(35)28-12-11-26(39-28)20-38-25-10-9-23-14-16-34(32(36)29-8-5-17-37-29)30(27(23)19-25)24-7-4-6-22(3)18-24/h4-12,17-19,21,30H,13-16,20H2,1-3H3,(H,33,35)/t30-/m0/s1. The van der Waals surface area contributed by atoms with E-state index in [9.17, 15) is 9.59 Å². The summed E-state index contributed by atoms with van der Waals surface area (Å²) in [4.78, 5) is 27.7. The van der Waals surface area contributed by atoms with Crippen LogP contribution in [0.5, 0.6) is 5.75 Å². The summed E-state index contributed by atoms with van der Waals surface area (Å²) in [5, 5.41) is 2.89.